The third-order valence-corrected chi connectivity index (χ3v) is 7.86. The molecule has 0 bridgehead atoms. The number of nitrogens with one attached hydrogen (secondary N) is 1. The van der Waals surface area contributed by atoms with Crippen molar-refractivity contribution in [1.29, 1.82) is 5.26 Å². The summed E-state index contributed by atoms with van der Waals surface area (Å²) in [5.41, 5.74) is -0.875. The molecule has 3 aromatic rings. The molecule has 1 aliphatic heterocycles. The van der Waals surface area contributed by atoms with Gasteiger partial charge < -0.3 is 28.8 Å². The van der Waals surface area contributed by atoms with E-state index in [0.717, 1.165) is 12.1 Å². The Kier molecular flexibility index (Phi) is 9.41. The summed E-state index contributed by atoms with van der Waals surface area (Å²) in [4.78, 5) is 18.0. The molecule has 5 rings (SSSR count). The number of halogens is 3. The molecule has 1 N–H and O–H groups in total. The van der Waals surface area contributed by atoms with Crippen molar-refractivity contribution in [2.45, 2.75) is 88.7 Å². The number of alkyl halides is 3. The third-order valence-electron chi connectivity index (χ3n) is 7.86. The van der Waals surface area contributed by atoms with E-state index in [4.69, 9.17) is 18.9 Å². The molecule has 0 radical (unpaired) electrons. The number of hydrogen-bond acceptors (Lipinski definition) is 7. The van der Waals surface area contributed by atoms with Gasteiger partial charge in [0.1, 0.15) is 6.10 Å². The van der Waals surface area contributed by atoms with Gasteiger partial charge in [-0.15, -0.1) is 0 Å². The van der Waals surface area contributed by atoms with Crippen LogP contribution in [0.4, 0.5) is 13.2 Å². The highest BCUT2D eigenvalue weighted by Crippen LogP contribution is 2.44. The van der Waals surface area contributed by atoms with E-state index >= 15 is 0 Å². The van der Waals surface area contributed by atoms with E-state index in [2.05, 4.69) is 16.4 Å². The van der Waals surface area contributed by atoms with Crippen LogP contribution in [0.15, 0.2) is 67.3 Å². The van der Waals surface area contributed by atoms with E-state index < -0.39 is 47.3 Å². The summed E-state index contributed by atoms with van der Waals surface area (Å²) < 4.78 is 67.2. The summed E-state index contributed by atoms with van der Waals surface area (Å²) >= 11 is 0. The molecule has 1 saturated carbocycles. The van der Waals surface area contributed by atoms with E-state index in [0.29, 0.717) is 30.6 Å². The van der Waals surface area contributed by atoms with Crippen LogP contribution in [0.2, 0.25) is 0 Å². The Morgan fingerprint density at radius 3 is 2.73 bits per heavy atom. The van der Waals surface area contributed by atoms with Crippen LogP contribution in [0, 0.1) is 11.3 Å². The smallest absolute Gasteiger partial charge is 0.371 e. The summed E-state index contributed by atoms with van der Waals surface area (Å²) in [7, 11) is 0. The van der Waals surface area contributed by atoms with Crippen molar-refractivity contribution in [3.63, 3.8) is 0 Å². The highest BCUT2D eigenvalue weighted by atomic mass is 19.4. The van der Waals surface area contributed by atoms with Crippen molar-refractivity contribution in [3.05, 3.63) is 89.5 Å². The minimum absolute atomic E-state index is 0.0641. The number of fused-ring (bicyclic) bond motifs is 1. The van der Waals surface area contributed by atoms with Crippen LogP contribution in [0.3, 0.4) is 0 Å². The average molecular weight is 613 g/mol. The van der Waals surface area contributed by atoms with Crippen molar-refractivity contribution in [2.24, 2.45) is 0 Å². The van der Waals surface area contributed by atoms with Crippen LogP contribution in [-0.2, 0) is 49.7 Å². The molecule has 0 spiro atoms. The van der Waals surface area contributed by atoms with E-state index in [9.17, 15) is 23.2 Å². The van der Waals surface area contributed by atoms with Gasteiger partial charge in [0.05, 0.1) is 48.9 Å². The zero-order chi connectivity index (χ0) is 31.4. The summed E-state index contributed by atoms with van der Waals surface area (Å²) in [5, 5.41) is 12.5. The van der Waals surface area contributed by atoms with Gasteiger partial charge in [0.15, 0.2) is 11.4 Å². The molecule has 12 heteroatoms. The second kappa shape index (κ2) is 13.1. The molecule has 0 unspecified atom stereocenters. The number of imidazole rings is 1. The molecule has 2 aromatic carbocycles. The van der Waals surface area contributed by atoms with Crippen molar-refractivity contribution < 1.29 is 36.9 Å². The van der Waals surface area contributed by atoms with Gasteiger partial charge in [-0.2, -0.15) is 18.4 Å². The fourth-order valence-corrected chi connectivity index (χ4v) is 5.76. The molecule has 1 aromatic heterocycles. The van der Waals surface area contributed by atoms with Gasteiger partial charge in [0.2, 0.25) is 0 Å². The number of amides is 1. The predicted molar refractivity (Wildman–Crippen MR) is 152 cm³/mol. The lowest BCUT2D eigenvalue weighted by molar-refractivity contribution is -0.183. The first-order valence-electron chi connectivity index (χ1n) is 14.5. The quantitative estimate of drug-likeness (QED) is 0.299. The first-order chi connectivity index (χ1) is 21.0. The van der Waals surface area contributed by atoms with E-state index in [1.165, 1.54) is 12.1 Å². The monoisotopic (exact) mass is 612 g/mol. The molecule has 9 nitrogen and oxygen atoms in total. The highest BCUT2D eigenvalue weighted by Gasteiger charge is 2.58. The number of rotatable bonds is 11. The second-order valence-electron chi connectivity index (χ2n) is 11.6. The van der Waals surface area contributed by atoms with E-state index in [-0.39, 0.29) is 31.6 Å². The Morgan fingerprint density at radius 1 is 1.16 bits per heavy atom. The zero-order valence-corrected chi connectivity index (χ0v) is 24.5. The van der Waals surface area contributed by atoms with Crippen LogP contribution >= 0.6 is 0 Å². The van der Waals surface area contributed by atoms with E-state index in [1.54, 1.807) is 50.6 Å². The Hall–Kier alpha value is -3.76. The summed E-state index contributed by atoms with van der Waals surface area (Å²) in [6, 6.07) is 14.1. The van der Waals surface area contributed by atoms with Gasteiger partial charge in [-0.1, -0.05) is 30.3 Å². The van der Waals surface area contributed by atoms with Crippen molar-refractivity contribution in [2.75, 3.05) is 6.54 Å². The lowest BCUT2D eigenvalue weighted by Crippen LogP contribution is -2.60. The molecular formula is C32H35F3N4O5. The number of carbonyl (C=O) groups excluding carboxylic acids is 1. The number of benzene rings is 2. The third kappa shape index (κ3) is 7.47. The summed E-state index contributed by atoms with van der Waals surface area (Å²) in [5.74, 6) is -1.37. The Balaban J connectivity index is 1.39. The zero-order valence-electron chi connectivity index (χ0n) is 24.5. The number of nitriles is 1. The number of nitrogens with zero attached hydrogens (tertiary/aromatic N) is 3. The van der Waals surface area contributed by atoms with Crippen molar-refractivity contribution in [1.82, 2.24) is 14.9 Å². The van der Waals surface area contributed by atoms with Gasteiger partial charge in [-0.25, -0.2) is 4.98 Å². The fourth-order valence-electron chi connectivity index (χ4n) is 5.76. The minimum Gasteiger partial charge on any atom is -0.371 e. The standard InChI is InChI=1S/C32H35F3N4O5/c1-30(2)43-27-17-31(29(40)38-11-6-13-39-14-12-37-21-39,42-19-22-7-5-10-25(15-22)32(33,34)35)16-26(28(27)44-30)41-20-24-9-4-3-8-23(24)18-36/h3-5,7-10,12,14-15,21,26-28H,6,11,13,16-17,19-20H2,1-2H3,(H,38,40)/t26-,27+,28-,31+/m0/s1. The number of carbonyl (C=O) groups is 1. The molecule has 2 aliphatic rings. The van der Waals surface area contributed by atoms with Crippen molar-refractivity contribution >= 4 is 5.91 Å². The number of hydrogen-bond donors (Lipinski definition) is 1. The maximum atomic E-state index is 14.0. The molecule has 1 aliphatic carbocycles. The first kappa shape index (κ1) is 31.7. The summed E-state index contributed by atoms with van der Waals surface area (Å²) in [6.45, 7) is 4.36. The molecular weight excluding hydrogens is 577 g/mol. The van der Waals surface area contributed by atoms with Gasteiger partial charge in [0.25, 0.3) is 5.91 Å². The average Bonchev–Trinajstić information content (AvgIpc) is 3.63. The van der Waals surface area contributed by atoms with Crippen LogP contribution in [0.1, 0.15) is 55.4 Å². The van der Waals surface area contributed by atoms with Gasteiger partial charge in [-0.3, -0.25) is 4.79 Å². The number of aryl methyl sites for hydroxylation is 1. The predicted octanol–water partition coefficient (Wildman–Crippen LogP) is 5.13. The summed E-state index contributed by atoms with van der Waals surface area (Å²) in [6.07, 6.45) is -0.326. The minimum atomic E-state index is -4.52. The molecule has 4 atom stereocenters. The van der Waals surface area contributed by atoms with Crippen LogP contribution in [-0.4, -0.2) is 51.7 Å². The second-order valence-corrected chi connectivity index (χ2v) is 11.6. The Morgan fingerprint density at radius 2 is 1.98 bits per heavy atom. The maximum absolute atomic E-state index is 14.0. The molecule has 234 valence electrons. The maximum Gasteiger partial charge on any atom is 0.416 e. The highest BCUT2D eigenvalue weighted by molar-refractivity contribution is 5.85. The Labute approximate surface area is 253 Å². The van der Waals surface area contributed by atoms with Crippen molar-refractivity contribution in [3.8, 4) is 6.07 Å². The SMILES string of the molecule is CC1(C)O[C@H]2[C@@H](OCc3ccccc3C#N)C[C@](OCc3cccc(C(F)(F)F)c3)(C(=O)NCCCn3ccnc3)C[C@H]2O1. The molecule has 1 saturated heterocycles. The largest absolute Gasteiger partial charge is 0.416 e. The topological polar surface area (TPSA) is 108 Å². The van der Waals surface area contributed by atoms with Crippen LogP contribution in [0.5, 0.6) is 0 Å². The van der Waals surface area contributed by atoms with Crippen LogP contribution < -0.4 is 5.32 Å². The lowest BCUT2D eigenvalue weighted by Gasteiger charge is -2.43. The van der Waals surface area contributed by atoms with E-state index in [1.807, 2.05) is 10.8 Å². The van der Waals surface area contributed by atoms with Gasteiger partial charge >= 0.3 is 6.18 Å². The molecule has 2 heterocycles. The number of ether oxygens (including phenoxy) is 4. The first-order valence-corrected chi connectivity index (χ1v) is 14.5. The van der Waals surface area contributed by atoms with Crippen LogP contribution in [0.25, 0.3) is 0 Å². The fraction of sp³-hybridized carbons (Fsp3) is 0.469. The van der Waals surface area contributed by atoms with Gasteiger partial charge in [-0.05, 0) is 49.6 Å². The lowest BCUT2D eigenvalue weighted by atomic mass is 9.78. The Bertz CT molecular complexity index is 1470. The van der Waals surface area contributed by atoms with Gasteiger partial charge in [0, 0.05) is 38.3 Å². The molecule has 1 amide bonds. The normalized spacial score (nSPS) is 24.4. The molecule has 44 heavy (non-hydrogen) atoms. The molecule has 2 fully saturated rings. The number of aromatic nitrogens is 2.